The zero-order valence-corrected chi connectivity index (χ0v) is 15.0. The molecule has 0 saturated carbocycles. The van der Waals surface area contributed by atoms with E-state index in [1.54, 1.807) is 26.0 Å². The van der Waals surface area contributed by atoms with Crippen LogP contribution in [0.25, 0.3) is 5.57 Å². The molecule has 1 heterocycles. The summed E-state index contributed by atoms with van der Waals surface area (Å²) in [6.07, 6.45) is 4.66. The van der Waals surface area contributed by atoms with Crippen LogP contribution in [0.5, 0.6) is 11.5 Å². The summed E-state index contributed by atoms with van der Waals surface area (Å²) in [5.74, 6) is 1.91. The van der Waals surface area contributed by atoms with Gasteiger partial charge in [0.2, 0.25) is 5.91 Å². The van der Waals surface area contributed by atoms with E-state index in [-0.39, 0.29) is 17.9 Å². The standard InChI is InChI=1S/C17H24N2O3S/c1-10(6-13-11(2)7-17(20)19-18-13)12-8-15(22-4)16(23-5)9-14(12)21-3/h6,8-9,11,13,18H,7H2,1-5H3,(H,19,20)/b10-6+. The number of benzene rings is 1. The summed E-state index contributed by atoms with van der Waals surface area (Å²) >= 11 is 1.62. The third-order valence-corrected chi connectivity index (χ3v) is 4.82. The van der Waals surface area contributed by atoms with E-state index in [1.165, 1.54) is 0 Å². The van der Waals surface area contributed by atoms with E-state index >= 15 is 0 Å². The topological polar surface area (TPSA) is 59.6 Å². The van der Waals surface area contributed by atoms with E-state index in [4.69, 9.17) is 9.47 Å². The Morgan fingerprint density at radius 2 is 2.00 bits per heavy atom. The predicted molar refractivity (Wildman–Crippen MR) is 93.8 cm³/mol. The Balaban J connectivity index is 2.35. The van der Waals surface area contributed by atoms with Crippen molar-refractivity contribution in [3.05, 3.63) is 23.8 Å². The number of allylic oxidation sites excluding steroid dienone is 1. The summed E-state index contributed by atoms with van der Waals surface area (Å²) in [5, 5.41) is 0. The monoisotopic (exact) mass is 336 g/mol. The van der Waals surface area contributed by atoms with Gasteiger partial charge < -0.3 is 9.47 Å². The van der Waals surface area contributed by atoms with Crippen LogP contribution in [0.4, 0.5) is 0 Å². The molecule has 2 N–H and O–H groups in total. The first-order valence-corrected chi connectivity index (χ1v) is 8.75. The molecule has 1 amide bonds. The summed E-state index contributed by atoms with van der Waals surface area (Å²) in [6, 6.07) is 4.08. The third-order valence-electron chi connectivity index (χ3n) is 4.06. The smallest absolute Gasteiger partial charge is 0.234 e. The minimum absolute atomic E-state index is 0.0309. The molecule has 1 aliphatic rings. The summed E-state index contributed by atoms with van der Waals surface area (Å²) in [7, 11) is 3.34. The Morgan fingerprint density at radius 1 is 1.30 bits per heavy atom. The van der Waals surface area contributed by atoms with Crippen LogP contribution in [0.1, 0.15) is 25.8 Å². The first kappa shape index (κ1) is 17.7. The maximum atomic E-state index is 11.4. The zero-order chi connectivity index (χ0) is 17.0. The number of thioether (sulfide) groups is 1. The maximum absolute atomic E-state index is 11.4. The van der Waals surface area contributed by atoms with Crippen LogP contribution in [-0.4, -0.2) is 32.4 Å². The first-order chi connectivity index (χ1) is 11.0. The molecule has 0 spiro atoms. The molecule has 126 valence electrons. The van der Waals surface area contributed by atoms with Crippen LogP contribution < -0.4 is 20.3 Å². The van der Waals surface area contributed by atoms with Gasteiger partial charge in [-0.15, -0.1) is 11.8 Å². The molecular weight excluding hydrogens is 312 g/mol. The van der Waals surface area contributed by atoms with Crippen LogP contribution in [0.2, 0.25) is 0 Å². The third kappa shape index (κ3) is 4.00. The van der Waals surface area contributed by atoms with Gasteiger partial charge in [0.15, 0.2) is 0 Å². The Labute approximate surface area is 141 Å². The number of carbonyl (C=O) groups excluding carboxylic acids is 1. The van der Waals surface area contributed by atoms with Crippen LogP contribution in [0, 0.1) is 5.92 Å². The molecule has 2 unspecified atom stereocenters. The number of hydrogen-bond donors (Lipinski definition) is 2. The molecule has 0 aliphatic carbocycles. The van der Waals surface area contributed by atoms with Gasteiger partial charge in [0.25, 0.3) is 0 Å². The van der Waals surface area contributed by atoms with Gasteiger partial charge in [0.1, 0.15) is 11.5 Å². The second-order valence-electron chi connectivity index (χ2n) is 5.66. The number of hydrogen-bond acceptors (Lipinski definition) is 5. The highest BCUT2D eigenvalue weighted by atomic mass is 32.2. The largest absolute Gasteiger partial charge is 0.496 e. The number of amides is 1. The number of nitrogens with one attached hydrogen (secondary N) is 2. The molecule has 1 aromatic rings. The summed E-state index contributed by atoms with van der Waals surface area (Å²) in [5.41, 5.74) is 7.82. The van der Waals surface area contributed by atoms with Crippen molar-refractivity contribution < 1.29 is 14.3 Å². The van der Waals surface area contributed by atoms with Crippen molar-refractivity contribution in [3.8, 4) is 11.5 Å². The van der Waals surface area contributed by atoms with Crippen molar-refractivity contribution in [3.63, 3.8) is 0 Å². The molecule has 0 radical (unpaired) electrons. The Hall–Kier alpha value is -1.66. The second-order valence-corrected chi connectivity index (χ2v) is 6.50. The molecule has 5 nitrogen and oxygen atoms in total. The molecule has 1 aromatic carbocycles. The highest BCUT2D eigenvalue weighted by molar-refractivity contribution is 7.98. The normalized spacial score (nSPS) is 21.8. The van der Waals surface area contributed by atoms with Gasteiger partial charge in [-0.2, -0.15) is 0 Å². The highest BCUT2D eigenvalue weighted by Crippen LogP contribution is 2.37. The molecular formula is C17H24N2O3S. The summed E-state index contributed by atoms with van der Waals surface area (Å²) < 4.78 is 11.0. The highest BCUT2D eigenvalue weighted by Gasteiger charge is 2.24. The predicted octanol–water partition coefficient (Wildman–Crippen LogP) is 2.86. The number of methoxy groups -OCH3 is 2. The summed E-state index contributed by atoms with van der Waals surface area (Å²) in [4.78, 5) is 12.4. The van der Waals surface area contributed by atoms with Crippen molar-refractivity contribution in [2.75, 3.05) is 20.5 Å². The fraction of sp³-hybridized carbons (Fsp3) is 0.471. The van der Waals surface area contributed by atoms with E-state index in [2.05, 4.69) is 23.9 Å². The van der Waals surface area contributed by atoms with Gasteiger partial charge in [0.05, 0.1) is 19.1 Å². The van der Waals surface area contributed by atoms with Gasteiger partial charge >= 0.3 is 0 Å². The quantitative estimate of drug-likeness (QED) is 0.810. The molecule has 0 aromatic heterocycles. The van der Waals surface area contributed by atoms with E-state index in [9.17, 15) is 4.79 Å². The van der Waals surface area contributed by atoms with Gasteiger partial charge in [-0.25, -0.2) is 5.43 Å². The Kier molecular flexibility index (Phi) is 5.96. The van der Waals surface area contributed by atoms with Crippen LogP contribution >= 0.6 is 11.8 Å². The number of carbonyl (C=O) groups is 1. The lowest BCUT2D eigenvalue weighted by atomic mass is 9.93. The molecule has 23 heavy (non-hydrogen) atoms. The number of ether oxygens (including phenoxy) is 2. The van der Waals surface area contributed by atoms with Crippen molar-refractivity contribution in [1.82, 2.24) is 10.9 Å². The molecule has 1 saturated heterocycles. The fourth-order valence-corrected chi connectivity index (χ4v) is 3.25. The first-order valence-electron chi connectivity index (χ1n) is 7.53. The minimum atomic E-state index is 0.0309. The van der Waals surface area contributed by atoms with E-state index < -0.39 is 0 Å². The van der Waals surface area contributed by atoms with E-state index in [0.717, 1.165) is 27.5 Å². The van der Waals surface area contributed by atoms with Gasteiger partial charge in [-0.1, -0.05) is 13.0 Å². The SMILES string of the molecule is COc1cc(/C(C)=C/C2NNC(=O)CC2C)c(OC)cc1SC. The van der Waals surface area contributed by atoms with Crippen molar-refractivity contribution in [2.45, 2.75) is 31.2 Å². The van der Waals surface area contributed by atoms with Crippen molar-refractivity contribution in [1.29, 1.82) is 0 Å². The van der Waals surface area contributed by atoms with Gasteiger partial charge in [-0.3, -0.25) is 10.2 Å². The van der Waals surface area contributed by atoms with E-state index in [0.29, 0.717) is 6.42 Å². The van der Waals surface area contributed by atoms with Gasteiger partial charge in [0, 0.05) is 18.0 Å². The Bertz CT molecular complexity index is 616. The average molecular weight is 336 g/mol. The van der Waals surface area contributed by atoms with Gasteiger partial charge in [-0.05, 0) is 36.8 Å². The van der Waals surface area contributed by atoms with Crippen LogP contribution in [-0.2, 0) is 4.79 Å². The molecule has 2 atom stereocenters. The van der Waals surface area contributed by atoms with Crippen molar-refractivity contribution in [2.24, 2.45) is 5.92 Å². The van der Waals surface area contributed by atoms with E-state index in [1.807, 2.05) is 25.3 Å². The second kappa shape index (κ2) is 7.75. The number of hydrazine groups is 1. The molecule has 0 bridgehead atoms. The fourth-order valence-electron chi connectivity index (χ4n) is 2.68. The minimum Gasteiger partial charge on any atom is -0.496 e. The maximum Gasteiger partial charge on any atom is 0.234 e. The zero-order valence-electron chi connectivity index (χ0n) is 14.2. The molecule has 1 fully saturated rings. The van der Waals surface area contributed by atoms with Crippen molar-refractivity contribution >= 4 is 23.2 Å². The van der Waals surface area contributed by atoms with Crippen LogP contribution in [0.3, 0.4) is 0 Å². The van der Waals surface area contributed by atoms with Crippen LogP contribution in [0.15, 0.2) is 23.1 Å². The molecule has 1 aliphatic heterocycles. The average Bonchev–Trinajstić information content (AvgIpc) is 2.55. The molecule has 2 rings (SSSR count). The lowest BCUT2D eigenvalue weighted by Gasteiger charge is -2.28. The molecule has 6 heteroatoms. The summed E-state index contributed by atoms with van der Waals surface area (Å²) in [6.45, 7) is 4.11. The Morgan fingerprint density at radius 3 is 2.57 bits per heavy atom. The lowest BCUT2D eigenvalue weighted by molar-refractivity contribution is -0.125. The lowest BCUT2D eigenvalue weighted by Crippen LogP contribution is -2.52. The number of rotatable bonds is 5.